The maximum atomic E-state index is 12.9. The number of aliphatic hydroxyl groups is 6. The first kappa shape index (κ1) is 32.0. The molecule has 15 nitrogen and oxygen atoms in total. The molecule has 0 spiro atoms. The summed E-state index contributed by atoms with van der Waals surface area (Å²) < 4.78 is 77.1. The lowest BCUT2D eigenvalue weighted by atomic mass is 9.55. The lowest BCUT2D eigenvalue weighted by Crippen LogP contribution is -2.92. The smallest absolute Gasteiger partial charge is 0.369 e. The van der Waals surface area contributed by atoms with Gasteiger partial charge in [-0.3, -0.25) is 14.5 Å². The van der Waals surface area contributed by atoms with E-state index in [-0.39, 0.29) is 18.9 Å². The summed E-state index contributed by atoms with van der Waals surface area (Å²) in [5, 5.41) is 66.9. The highest BCUT2D eigenvalue weighted by Gasteiger charge is 2.74. The number of hydrogen-bond acceptors (Lipinski definition) is 13. The summed E-state index contributed by atoms with van der Waals surface area (Å²) in [4.78, 5) is 29.0. The van der Waals surface area contributed by atoms with Gasteiger partial charge in [0, 0.05) is 36.8 Å². The molecule has 0 atom stereocenters. The van der Waals surface area contributed by atoms with Gasteiger partial charge in [0.2, 0.25) is 11.9 Å². The van der Waals surface area contributed by atoms with E-state index in [2.05, 4.69) is 20.4 Å². The van der Waals surface area contributed by atoms with Crippen molar-refractivity contribution in [2.24, 2.45) is 0 Å². The molecule has 23 heteroatoms. The maximum Gasteiger partial charge on any atom is 0.421 e. The van der Waals surface area contributed by atoms with Gasteiger partial charge in [-0.15, -0.1) is 0 Å². The zero-order valence-electron chi connectivity index (χ0n) is 20.0. The van der Waals surface area contributed by atoms with E-state index in [0.29, 0.717) is 6.07 Å². The van der Waals surface area contributed by atoms with Crippen LogP contribution in [0.4, 0.5) is 38.1 Å². The zero-order valence-corrected chi connectivity index (χ0v) is 20.0. The van der Waals surface area contributed by atoms with Crippen LogP contribution in [0, 0.1) is 0 Å². The second kappa shape index (κ2) is 10.1. The molecule has 2 aromatic rings. The van der Waals surface area contributed by atoms with Crippen molar-refractivity contribution in [3.63, 3.8) is 0 Å². The first-order chi connectivity index (χ1) is 18.5. The number of carbonyl (C=O) groups excluding carboxylic acids is 1. The molecule has 1 aliphatic heterocycles. The number of aromatic nitrogens is 4. The van der Waals surface area contributed by atoms with E-state index in [0.717, 1.165) is 0 Å². The van der Waals surface area contributed by atoms with E-state index < -0.39 is 92.4 Å². The van der Waals surface area contributed by atoms with Crippen LogP contribution in [0.25, 0.3) is 0 Å². The predicted molar refractivity (Wildman–Crippen MR) is 120 cm³/mol. The molecule has 220 valence electrons. The minimum Gasteiger partial charge on any atom is -0.369 e. The third-order valence-corrected chi connectivity index (χ3v) is 5.69. The molecule has 1 fully saturated rings. The van der Waals surface area contributed by atoms with Crippen molar-refractivity contribution in [3.05, 3.63) is 39.9 Å². The van der Waals surface area contributed by atoms with Crippen LogP contribution in [0.2, 0.25) is 0 Å². The Morgan fingerprint density at radius 2 is 1.51 bits per heavy atom. The molecule has 41 heavy (non-hydrogen) atoms. The summed E-state index contributed by atoms with van der Waals surface area (Å²) in [6.45, 7) is -0.389. The van der Waals surface area contributed by atoms with E-state index in [4.69, 9.17) is 15.7 Å². The van der Waals surface area contributed by atoms with Crippen molar-refractivity contribution in [2.75, 3.05) is 16.8 Å². The summed E-state index contributed by atoms with van der Waals surface area (Å²) in [6, 6.07) is 0.359. The Balaban J connectivity index is 1.83. The van der Waals surface area contributed by atoms with Crippen molar-refractivity contribution in [1.82, 2.24) is 25.1 Å². The highest BCUT2D eigenvalue weighted by Crippen LogP contribution is 2.45. The monoisotopic (exact) mass is 595 g/mol. The van der Waals surface area contributed by atoms with Gasteiger partial charge in [-0.2, -0.15) is 31.4 Å². The Bertz CT molecular complexity index is 1330. The minimum absolute atomic E-state index is 0.0546. The van der Waals surface area contributed by atoms with E-state index in [1.54, 1.807) is 5.10 Å². The molecular formula is C18H17B2F6N7O8. The maximum absolute atomic E-state index is 12.9. The number of carbonyl (C=O) groups is 1. The zero-order chi connectivity index (χ0) is 31.4. The van der Waals surface area contributed by atoms with Crippen LogP contribution < -0.4 is 15.8 Å². The number of H-pyrrole nitrogens is 1. The Morgan fingerprint density at radius 3 is 2.02 bits per heavy atom. The number of nitrogens with one attached hydrogen (secondary N) is 2. The first-order valence-corrected chi connectivity index (χ1v) is 10.8. The quantitative estimate of drug-likeness (QED) is 0.0724. The molecule has 0 aliphatic carbocycles. The molecule has 0 saturated carbocycles. The molecule has 0 aromatic carbocycles. The first-order valence-electron chi connectivity index (χ1n) is 10.8. The minimum atomic E-state index is -5.02. The van der Waals surface area contributed by atoms with Gasteiger partial charge in [0.15, 0.2) is 0 Å². The topological polar surface area (TPSA) is 228 Å². The fourth-order valence-electron chi connectivity index (χ4n) is 3.62. The molecule has 1 aliphatic rings. The number of aromatic amines is 1. The summed E-state index contributed by atoms with van der Waals surface area (Å²) >= 11 is 0. The van der Waals surface area contributed by atoms with Crippen LogP contribution in [0.3, 0.4) is 0 Å². The Hall–Kier alpha value is -3.50. The molecule has 3 heterocycles. The van der Waals surface area contributed by atoms with Crippen molar-refractivity contribution in [2.45, 2.75) is 48.3 Å². The summed E-state index contributed by atoms with van der Waals surface area (Å²) in [5.41, 5.74) is -4.60. The third-order valence-electron chi connectivity index (χ3n) is 5.69. The average molecular weight is 595 g/mol. The van der Waals surface area contributed by atoms with Gasteiger partial charge in [-0.25, -0.2) is 20.0 Å². The van der Waals surface area contributed by atoms with E-state index in [1.165, 1.54) is 0 Å². The van der Waals surface area contributed by atoms with Crippen LogP contribution in [-0.4, -0.2) is 107 Å². The standard InChI is InChI=1S/C18H17B2F6N7O8/c19-15(20)16(36,37)33(12-28-5-7(6-29-12)13(21,22)23)18(40,41)17(38,39)32(15)10(34)2-1-3-27-9-4-8(14(24,25)26)11(35)31-30-9/h4-6,36-41H,1-3H2,(H,27,30)(H,31,35). The third kappa shape index (κ3) is 5.55. The molecule has 4 radical (unpaired) electrons. The Labute approximate surface area is 225 Å². The molecule has 0 unspecified atom stereocenters. The molecule has 1 saturated heterocycles. The van der Waals surface area contributed by atoms with E-state index in [9.17, 15) is 66.6 Å². The summed E-state index contributed by atoms with van der Waals surface area (Å²) in [7, 11) is 11.2. The SMILES string of the molecule is [B]C1([B])N(C(=O)CCCNc2cc(C(F)(F)F)c(=O)[nH]n2)C(O)(O)C(O)(O)N(c2ncc(C(F)(F)F)cn2)C1(O)O. The number of hydrogen-bond donors (Lipinski definition) is 8. The number of amides is 1. The van der Waals surface area contributed by atoms with Crippen molar-refractivity contribution < 1.29 is 61.8 Å². The van der Waals surface area contributed by atoms with Gasteiger partial charge < -0.3 is 36.0 Å². The second-order valence-corrected chi connectivity index (χ2v) is 8.59. The van der Waals surface area contributed by atoms with E-state index in [1.807, 2.05) is 0 Å². The Kier molecular flexibility index (Phi) is 7.88. The summed E-state index contributed by atoms with van der Waals surface area (Å²) in [6.07, 6.45) is -11.2. The molecule has 2 aromatic heterocycles. The molecule has 0 bridgehead atoms. The van der Waals surface area contributed by atoms with Gasteiger partial charge in [0.05, 0.1) is 5.56 Å². The molecule has 1 amide bonds. The average Bonchev–Trinajstić information content (AvgIpc) is 2.80. The molecule has 8 N–H and O–H groups in total. The summed E-state index contributed by atoms with van der Waals surface area (Å²) in [5.74, 6) is -16.4. The Morgan fingerprint density at radius 1 is 0.951 bits per heavy atom. The number of piperazine rings is 1. The number of rotatable bonds is 6. The van der Waals surface area contributed by atoms with Crippen LogP contribution in [0.5, 0.6) is 0 Å². The number of halogens is 6. The molecular weight excluding hydrogens is 578 g/mol. The van der Waals surface area contributed by atoms with Crippen LogP contribution >= 0.6 is 0 Å². The second-order valence-electron chi connectivity index (χ2n) is 8.59. The van der Waals surface area contributed by atoms with Gasteiger partial charge in [0.1, 0.15) is 27.1 Å². The highest BCUT2D eigenvalue weighted by atomic mass is 19.4. The van der Waals surface area contributed by atoms with Gasteiger partial charge in [-0.1, -0.05) is 0 Å². The highest BCUT2D eigenvalue weighted by molar-refractivity contribution is 6.42. The largest absolute Gasteiger partial charge is 0.421 e. The normalized spacial score (nSPS) is 19.6. The van der Waals surface area contributed by atoms with Crippen LogP contribution in [0.1, 0.15) is 24.0 Å². The number of nitrogens with zero attached hydrogens (tertiary/aromatic N) is 5. The fraction of sp³-hybridized carbons (Fsp3) is 0.500. The predicted octanol–water partition coefficient (Wildman–Crippen LogP) is -2.96. The van der Waals surface area contributed by atoms with Gasteiger partial charge >= 0.3 is 24.2 Å². The number of anilines is 2. The fourth-order valence-corrected chi connectivity index (χ4v) is 3.62. The van der Waals surface area contributed by atoms with Crippen LogP contribution in [-0.2, 0) is 17.1 Å². The molecule has 3 rings (SSSR count). The lowest BCUT2D eigenvalue weighted by Gasteiger charge is -2.64. The van der Waals surface area contributed by atoms with Crippen LogP contribution in [0.15, 0.2) is 23.3 Å². The van der Waals surface area contributed by atoms with Crippen molar-refractivity contribution in [1.29, 1.82) is 0 Å². The van der Waals surface area contributed by atoms with Gasteiger partial charge in [0.25, 0.3) is 11.5 Å². The van der Waals surface area contributed by atoms with E-state index >= 15 is 0 Å². The lowest BCUT2D eigenvalue weighted by molar-refractivity contribution is -0.456. The van der Waals surface area contributed by atoms with Gasteiger partial charge in [-0.05, 0) is 6.42 Å². The van der Waals surface area contributed by atoms with Crippen molar-refractivity contribution in [3.8, 4) is 0 Å². The number of alkyl halides is 6. The van der Waals surface area contributed by atoms with Crippen molar-refractivity contribution >= 4 is 33.4 Å².